The lowest BCUT2D eigenvalue weighted by Crippen LogP contribution is -2.26. The van der Waals surface area contributed by atoms with Crippen molar-refractivity contribution < 1.29 is 18.4 Å². The molecule has 2 heterocycles. The highest BCUT2D eigenvalue weighted by Crippen LogP contribution is 2.27. The van der Waals surface area contributed by atoms with Crippen LogP contribution in [0.15, 0.2) is 66.7 Å². The normalized spacial score (nSPS) is 13.0. The highest BCUT2D eigenvalue weighted by atomic mass is 19.1. The minimum absolute atomic E-state index is 0.277. The Hall–Kier alpha value is -3.71. The van der Waals surface area contributed by atoms with Crippen LogP contribution in [0.4, 0.5) is 14.5 Å². The molecule has 0 unspecified atom stereocenters. The van der Waals surface area contributed by atoms with Crippen LogP contribution in [0.2, 0.25) is 0 Å². The Balaban J connectivity index is 1.51. The number of nitrogens with one attached hydrogen (secondary N) is 2. The van der Waals surface area contributed by atoms with Crippen molar-refractivity contribution in [3.05, 3.63) is 95.2 Å². The van der Waals surface area contributed by atoms with Crippen molar-refractivity contribution in [1.29, 1.82) is 0 Å². The number of anilines is 1. The van der Waals surface area contributed by atoms with Crippen molar-refractivity contribution in [2.75, 3.05) is 11.9 Å². The molecule has 7 heteroatoms. The third-order valence-corrected chi connectivity index (χ3v) is 5.32. The number of amides is 1. The number of benzene rings is 3. The molecule has 5 nitrogen and oxygen atoms in total. The van der Waals surface area contributed by atoms with Gasteiger partial charge in [-0.05, 0) is 66.6 Å². The molecule has 156 valence electrons. The fourth-order valence-corrected chi connectivity index (χ4v) is 3.88. The van der Waals surface area contributed by atoms with Gasteiger partial charge in [0.2, 0.25) is 0 Å². The monoisotopic (exact) mass is 419 g/mol. The van der Waals surface area contributed by atoms with Crippen LogP contribution in [-0.4, -0.2) is 17.0 Å². The molecule has 1 aliphatic rings. The number of nitrogens with zero attached hydrogens (tertiary/aromatic N) is 1. The standard InChI is InChI=1S/C24H19F2N3O2/c25-18-3-1-2-15(10-18)14-29-21-6-4-19(26)11-17(21)13-22(29)24(30)28-20-5-7-23-16(12-20)8-9-27-31-23/h1-7,10-13,27H,8-9,14H2,(H,28,30). The fraction of sp³-hybridized carbons (Fsp3) is 0.125. The van der Waals surface area contributed by atoms with Gasteiger partial charge in [-0.2, -0.15) is 5.48 Å². The van der Waals surface area contributed by atoms with Gasteiger partial charge in [-0.3, -0.25) is 4.79 Å². The van der Waals surface area contributed by atoms with Gasteiger partial charge in [0.05, 0.1) is 0 Å². The zero-order chi connectivity index (χ0) is 21.4. The summed E-state index contributed by atoms with van der Waals surface area (Å²) in [4.78, 5) is 18.6. The number of carbonyl (C=O) groups excluding carboxylic acids is 1. The third kappa shape index (κ3) is 3.87. The second kappa shape index (κ2) is 7.85. The Labute approximate surface area is 177 Å². The summed E-state index contributed by atoms with van der Waals surface area (Å²) in [6.45, 7) is 0.969. The van der Waals surface area contributed by atoms with Crippen LogP contribution in [0.3, 0.4) is 0 Å². The van der Waals surface area contributed by atoms with E-state index in [1.165, 1.54) is 24.3 Å². The predicted molar refractivity (Wildman–Crippen MR) is 114 cm³/mol. The van der Waals surface area contributed by atoms with E-state index in [2.05, 4.69) is 10.8 Å². The smallest absolute Gasteiger partial charge is 0.272 e. The lowest BCUT2D eigenvalue weighted by molar-refractivity contribution is 0.101. The van der Waals surface area contributed by atoms with Crippen LogP contribution in [-0.2, 0) is 13.0 Å². The molecule has 0 saturated heterocycles. The predicted octanol–water partition coefficient (Wildman–Crippen LogP) is 4.66. The molecule has 0 aliphatic carbocycles. The van der Waals surface area contributed by atoms with E-state index in [0.29, 0.717) is 34.4 Å². The Morgan fingerprint density at radius 3 is 2.77 bits per heavy atom. The average Bonchev–Trinajstić information content (AvgIpc) is 3.11. The maximum atomic E-state index is 13.8. The Bertz CT molecular complexity index is 1300. The van der Waals surface area contributed by atoms with E-state index in [1.807, 2.05) is 6.07 Å². The maximum absolute atomic E-state index is 13.8. The van der Waals surface area contributed by atoms with Gasteiger partial charge in [0.25, 0.3) is 5.91 Å². The summed E-state index contributed by atoms with van der Waals surface area (Å²) in [6, 6.07) is 17.7. The number of hydrogen-bond donors (Lipinski definition) is 2. The Morgan fingerprint density at radius 1 is 1.03 bits per heavy atom. The summed E-state index contributed by atoms with van der Waals surface area (Å²) >= 11 is 0. The summed E-state index contributed by atoms with van der Waals surface area (Å²) in [5.74, 6) is -0.329. The van der Waals surface area contributed by atoms with Crippen molar-refractivity contribution in [3.63, 3.8) is 0 Å². The van der Waals surface area contributed by atoms with Crippen molar-refractivity contribution in [3.8, 4) is 5.75 Å². The first-order chi connectivity index (χ1) is 15.1. The molecular weight excluding hydrogens is 400 g/mol. The molecule has 0 saturated carbocycles. The minimum Gasteiger partial charge on any atom is -0.408 e. The van der Waals surface area contributed by atoms with E-state index >= 15 is 0 Å². The number of halogens is 2. The molecule has 0 radical (unpaired) electrons. The largest absolute Gasteiger partial charge is 0.408 e. The molecule has 1 amide bonds. The summed E-state index contributed by atoms with van der Waals surface area (Å²) < 4.78 is 29.3. The Kier molecular flexibility index (Phi) is 4.88. The Morgan fingerprint density at radius 2 is 1.90 bits per heavy atom. The maximum Gasteiger partial charge on any atom is 0.272 e. The first-order valence-electron chi connectivity index (χ1n) is 9.94. The minimum atomic E-state index is -0.384. The fourth-order valence-electron chi connectivity index (χ4n) is 3.88. The van der Waals surface area contributed by atoms with E-state index < -0.39 is 0 Å². The van der Waals surface area contributed by atoms with Crippen LogP contribution < -0.4 is 15.6 Å². The van der Waals surface area contributed by atoms with Crippen LogP contribution in [0.25, 0.3) is 10.9 Å². The third-order valence-electron chi connectivity index (χ3n) is 5.32. The van der Waals surface area contributed by atoms with Gasteiger partial charge >= 0.3 is 0 Å². The van der Waals surface area contributed by atoms with Crippen LogP contribution in [0.1, 0.15) is 21.6 Å². The van der Waals surface area contributed by atoms with Crippen molar-refractivity contribution in [2.45, 2.75) is 13.0 Å². The number of fused-ring (bicyclic) bond motifs is 2. The molecule has 4 aromatic rings. The van der Waals surface area contributed by atoms with Gasteiger partial charge in [-0.15, -0.1) is 0 Å². The lowest BCUT2D eigenvalue weighted by Gasteiger charge is -2.18. The number of carbonyl (C=O) groups is 1. The highest BCUT2D eigenvalue weighted by Gasteiger charge is 2.18. The van der Waals surface area contributed by atoms with E-state index in [-0.39, 0.29) is 24.1 Å². The zero-order valence-corrected chi connectivity index (χ0v) is 16.5. The molecule has 1 aromatic heterocycles. The topological polar surface area (TPSA) is 55.3 Å². The molecular formula is C24H19F2N3O2. The number of hydroxylamine groups is 1. The zero-order valence-electron chi connectivity index (χ0n) is 16.5. The SMILES string of the molecule is O=C(Nc1ccc2c(c1)CCNO2)c1cc2cc(F)ccc2n1Cc1cccc(F)c1. The molecule has 3 aromatic carbocycles. The molecule has 1 aliphatic heterocycles. The summed E-state index contributed by atoms with van der Waals surface area (Å²) in [5.41, 5.74) is 6.23. The second-order valence-corrected chi connectivity index (χ2v) is 7.47. The molecule has 2 N–H and O–H groups in total. The molecule has 0 fully saturated rings. The van der Waals surface area contributed by atoms with Gasteiger partial charge in [0.1, 0.15) is 17.3 Å². The lowest BCUT2D eigenvalue weighted by atomic mass is 10.1. The average molecular weight is 419 g/mol. The van der Waals surface area contributed by atoms with E-state index in [4.69, 9.17) is 4.84 Å². The van der Waals surface area contributed by atoms with E-state index in [1.54, 1.807) is 41.0 Å². The number of aromatic nitrogens is 1. The number of hydrogen-bond acceptors (Lipinski definition) is 3. The van der Waals surface area contributed by atoms with E-state index in [9.17, 15) is 13.6 Å². The van der Waals surface area contributed by atoms with Crippen LogP contribution in [0.5, 0.6) is 5.75 Å². The van der Waals surface area contributed by atoms with Gasteiger partial charge in [0.15, 0.2) is 5.75 Å². The van der Waals surface area contributed by atoms with E-state index in [0.717, 1.165) is 17.7 Å². The summed E-state index contributed by atoms with van der Waals surface area (Å²) in [7, 11) is 0. The number of rotatable bonds is 4. The van der Waals surface area contributed by atoms with Gasteiger partial charge in [0, 0.05) is 35.2 Å². The highest BCUT2D eigenvalue weighted by molar-refractivity contribution is 6.06. The van der Waals surface area contributed by atoms with Crippen LogP contribution >= 0.6 is 0 Å². The molecule has 31 heavy (non-hydrogen) atoms. The van der Waals surface area contributed by atoms with Crippen LogP contribution in [0, 0.1) is 11.6 Å². The van der Waals surface area contributed by atoms with Crippen molar-refractivity contribution >= 4 is 22.5 Å². The quantitative estimate of drug-likeness (QED) is 0.506. The van der Waals surface area contributed by atoms with Crippen molar-refractivity contribution in [2.24, 2.45) is 0 Å². The molecule has 5 rings (SSSR count). The van der Waals surface area contributed by atoms with Crippen molar-refractivity contribution in [1.82, 2.24) is 10.0 Å². The van der Waals surface area contributed by atoms with Gasteiger partial charge in [-0.1, -0.05) is 12.1 Å². The van der Waals surface area contributed by atoms with Gasteiger partial charge < -0.3 is 14.7 Å². The first kappa shape index (κ1) is 19.3. The molecule has 0 bridgehead atoms. The molecule has 0 atom stereocenters. The summed E-state index contributed by atoms with van der Waals surface area (Å²) in [6.07, 6.45) is 0.790. The molecule has 0 spiro atoms. The second-order valence-electron chi connectivity index (χ2n) is 7.47. The van der Waals surface area contributed by atoms with Gasteiger partial charge in [-0.25, -0.2) is 8.78 Å². The summed E-state index contributed by atoms with van der Waals surface area (Å²) in [5, 5.41) is 3.52. The first-order valence-corrected chi connectivity index (χ1v) is 9.94.